The number of nitrogens with two attached hydrogens (primary N) is 1. The first-order valence-corrected chi connectivity index (χ1v) is 12.7. The van der Waals surface area contributed by atoms with Crippen molar-refractivity contribution in [3.05, 3.63) is 125 Å². The monoisotopic (exact) mass is 522 g/mol. The van der Waals surface area contributed by atoms with Crippen LogP contribution in [0.3, 0.4) is 0 Å². The van der Waals surface area contributed by atoms with Crippen LogP contribution in [0.2, 0.25) is 0 Å². The number of furan rings is 1. The maximum Gasteiger partial charge on any atom is 0.258 e. The zero-order chi connectivity index (χ0) is 27.1. The van der Waals surface area contributed by atoms with E-state index in [9.17, 15) is 14.0 Å². The largest absolute Gasteiger partial charge is 0.460 e. The molecule has 2 amide bonds. The summed E-state index contributed by atoms with van der Waals surface area (Å²) in [5.41, 5.74) is 8.94. The molecule has 5 aromatic rings. The summed E-state index contributed by atoms with van der Waals surface area (Å²) in [4.78, 5) is 27.8. The first kappa shape index (κ1) is 24.6. The Hall–Kier alpha value is -4.78. The minimum absolute atomic E-state index is 0.119. The van der Waals surface area contributed by atoms with E-state index in [1.165, 1.54) is 24.3 Å². The van der Waals surface area contributed by atoms with Crippen LogP contribution in [0.5, 0.6) is 0 Å². The molecule has 1 heterocycles. The van der Waals surface area contributed by atoms with Crippen LogP contribution < -0.4 is 10.6 Å². The number of rotatable bonds is 7. The van der Waals surface area contributed by atoms with Gasteiger partial charge < -0.3 is 15.1 Å². The van der Waals surface area contributed by atoms with Crippen LogP contribution in [0.25, 0.3) is 22.1 Å². The first-order chi connectivity index (χ1) is 18.9. The molecular weight excluding hydrogens is 498 g/mol. The van der Waals surface area contributed by atoms with Crippen molar-refractivity contribution in [3.8, 4) is 11.1 Å². The number of primary amides is 1. The van der Waals surface area contributed by atoms with Gasteiger partial charge in [-0.25, -0.2) is 8.78 Å². The molecule has 7 heteroatoms. The normalized spacial score (nSPS) is 13.0. The summed E-state index contributed by atoms with van der Waals surface area (Å²) in [5, 5.41) is 0.442. The second kappa shape index (κ2) is 9.83. The lowest BCUT2D eigenvalue weighted by atomic mass is 9.98. The van der Waals surface area contributed by atoms with Gasteiger partial charge in [0.05, 0.1) is 5.56 Å². The highest BCUT2D eigenvalue weighted by Crippen LogP contribution is 2.36. The van der Waals surface area contributed by atoms with Gasteiger partial charge in [-0.05, 0) is 78.6 Å². The molecule has 0 saturated heterocycles. The molecule has 2 N–H and O–H groups in total. The van der Waals surface area contributed by atoms with Crippen LogP contribution in [0, 0.1) is 11.6 Å². The Morgan fingerprint density at radius 1 is 0.897 bits per heavy atom. The predicted octanol–water partition coefficient (Wildman–Crippen LogP) is 6.88. The van der Waals surface area contributed by atoms with Crippen molar-refractivity contribution >= 4 is 28.5 Å². The van der Waals surface area contributed by atoms with Gasteiger partial charge in [0.2, 0.25) is 0 Å². The van der Waals surface area contributed by atoms with Gasteiger partial charge in [-0.15, -0.1) is 0 Å². The smallest absolute Gasteiger partial charge is 0.258 e. The number of anilines is 1. The third-order valence-corrected chi connectivity index (χ3v) is 6.97. The van der Waals surface area contributed by atoms with Crippen LogP contribution in [-0.4, -0.2) is 17.9 Å². The molecule has 1 fully saturated rings. The van der Waals surface area contributed by atoms with Crippen LogP contribution in [-0.2, 0) is 6.42 Å². The molecule has 0 spiro atoms. The fourth-order valence-corrected chi connectivity index (χ4v) is 4.93. The number of benzene rings is 4. The number of hydrogen-bond donors (Lipinski definition) is 1. The average Bonchev–Trinajstić information content (AvgIpc) is 3.70. The highest BCUT2D eigenvalue weighted by molar-refractivity contribution is 6.09. The highest BCUT2D eigenvalue weighted by atomic mass is 19.1. The minimum atomic E-state index is -0.685. The highest BCUT2D eigenvalue weighted by Gasteiger charge is 2.34. The van der Waals surface area contributed by atoms with Gasteiger partial charge in [0.1, 0.15) is 23.0 Å². The Morgan fingerprint density at radius 3 is 2.33 bits per heavy atom. The van der Waals surface area contributed by atoms with Crippen molar-refractivity contribution in [2.24, 2.45) is 5.73 Å². The summed E-state index contributed by atoms with van der Waals surface area (Å²) >= 11 is 0. The predicted molar refractivity (Wildman–Crippen MR) is 146 cm³/mol. The van der Waals surface area contributed by atoms with Gasteiger partial charge in [-0.1, -0.05) is 36.4 Å². The van der Waals surface area contributed by atoms with E-state index in [1.807, 2.05) is 30.3 Å². The number of amides is 2. The fraction of sp³-hybridized carbons (Fsp3) is 0.125. The van der Waals surface area contributed by atoms with Crippen LogP contribution >= 0.6 is 0 Å². The van der Waals surface area contributed by atoms with E-state index in [-0.39, 0.29) is 35.3 Å². The summed E-state index contributed by atoms with van der Waals surface area (Å²) in [6.07, 6.45) is 2.07. The van der Waals surface area contributed by atoms with E-state index in [0.717, 1.165) is 24.1 Å². The lowest BCUT2D eigenvalue weighted by molar-refractivity contribution is 0.0981. The molecule has 0 bridgehead atoms. The molecule has 1 saturated carbocycles. The molecule has 6 rings (SSSR count). The van der Waals surface area contributed by atoms with Gasteiger partial charge in [0.15, 0.2) is 0 Å². The number of carbonyl (C=O) groups excluding carboxylic acids is 2. The van der Waals surface area contributed by atoms with E-state index in [0.29, 0.717) is 27.9 Å². The molecule has 39 heavy (non-hydrogen) atoms. The maximum atomic E-state index is 15.1. The molecule has 0 atom stereocenters. The number of para-hydroxylation sites is 1. The van der Waals surface area contributed by atoms with E-state index >= 15 is 4.39 Å². The summed E-state index contributed by atoms with van der Waals surface area (Å²) < 4.78 is 34.4. The molecular formula is C32H24F2N2O3. The number of fused-ring (bicyclic) bond motifs is 1. The Morgan fingerprint density at radius 2 is 1.64 bits per heavy atom. The molecule has 4 aromatic carbocycles. The quantitative estimate of drug-likeness (QED) is 0.253. The third-order valence-electron chi connectivity index (χ3n) is 6.97. The van der Waals surface area contributed by atoms with Crippen LogP contribution in [0.1, 0.15) is 44.9 Å². The molecule has 1 aromatic heterocycles. The van der Waals surface area contributed by atoms with Gasteiger partial charge in [0, 0.05) is 34.7 Å². The molecule has 5 nitrogen and oxygen atoms in total. The van der Waals surface area contributed by atoms with Crippen molar-refractivity contribution in [2.75, 3.05) is 4.90 Å². The second-order valence-electron chi connectivity index (χ2n) is 9.72. The summed E-state index contributed by atoms with van der Waals surface area (Å²) in [6, 6.07) is 24.7. The van der Waals surface area contributed by atoms with Crippen molar-refractivity contribution in [3.63, 3.8) is 0 Å². The topological polar surface area (TPSA) is 76.5 Å². The van der Waals surface area contributed by atoms with Gasteiger partial charge in [0.25, 0.3) is 11.8 Å². The van der Waals surface area contributed by atoms with Crippen molar-refractivity contribution in [1.82, 2.24) is 0 Å². The standard InChI is InChI=1S/C32H24F2N2O3/c33-22-10-6-19(7-11-22)16-29-30(31(35)37)26-17-20(9-15-28(26)39-29)25-18-21(8-14-27(25)34)32(38)36(24-12-13-24)23-4-2-1-3-5-23/h1-11,14-15,17-18,24H,12-13,16H2,(H2,35,37). The van der Waals surface area contributed by atoms with Gasteiger partial charge in [-0.3, -0.25) is 9.59 Å². The Labute approximate surface area is 223 Å². The number of nitrogens with zero attached hydrogens (tertiary/aromatic N) is 1. The Bertz CT molecular complexity index is 1710. The minimum Gasteiger partial charge on any atom is -0.460 e. The SMILES string of the molecule is NC(=O)c1c(Cc2ccc(F)cc2)oc2ccc(-c3cc(C(=O)N(c4ccccc4)C4CC4)ccc3F)cc12. The van der Waals surface area contributed by atoms with Gasteiger partial charge in [-0.2, -0.15) is 0 Å². The zero-order valence-corrected chi connectivity index (χ0v) is 20.9. The molecule has 0 aliphatic heterocycles. The molecule has 0 unspecified atom stereocenters. The zero-order valence-electron chi connectivity index (χ0n) is 20.9. The van der Waals surface area contributed by atoms with Crippen molar-refractivity contribution in [2.45, 2.75) is 25.3 Å². The van der Waals surface area contributed by atoms with Crippen LogP contribution in [0.15, 0.2) is 95.4 Å². The summed E-state index contributed by atoms with van der Waals surface area (Å²) in [7, 11) is 0. The van der Waals surface area contributed by atoms with E-state index in [1.54, 1.807) is 41.3 Å². The molecule has 194 valence electrons. The van der Waals surface area contributed by atoms with E-state index in [4.69, 9.17) is 10.2 Å². The van der Waals surface area contributed by atoms with Gasteiger partial charge >= 0.3 is 0 Å². The first-order valence-electron chi connectivity index (χ1n) is 12.7. The molecule has 1 aliphatic rings. The lowest BCUT2D eigenvalue weighted by Crippen LogP contribution is -2.33. The van der Waals surface area contributed by atoms with Crippen molar-refractivity contribution in [1.29, 1.82) is 0 Å². The number of carbonyl (C=O) groups is 2. The summed E-state index contributed by atoms with van der Waals surface area (Å²) in [6.45, 7) is 0. The van der Waals surface area contributed by atoms with Crippen molar-refractivity contribution < 1.29 is 22.8 Å². The number of halogens is 2. The van der Waals surface area contributed by atoms with E-state index in [2.05, 4.69) is 0 Å². The Balaban J connectivity index is 1.39. The number of hydrogen-bond acceptors (Lipinski definition) is 3. The second-order valence-corrected chi connectivity index (χ2v) is 9.72. The third kappa shape index (κ3) is 4.79. The fourth-order valence-electron chi connectivity index (χ4n) is 4.93. The molecule has 1 aliphatic carbocycles. The average molecular weight is 523 g/mol. The Kier molecular flexibility index (Phi) is 6.19. The maximum absolute atomic E-state index is 15.1. The van der Waals surface area contributed by atoms with E-state index < -0.39 is 11.7 Å². The molecule has 0 radical (unpaired) electrons. The summed E-state index contributed by atoms with van der Waals surface area (Å²) in [5.74, 6) is -1.41. The lowest BCUT2D eigenvalue weighted by Gasteiger charge is -2.23. The van der Waals surface area contributed by atoms with Crippen LogP contribution in [0.4, 0.5) is 14.5 Å².